The lowest BCUT2D eigenvalue weighted by Gasteiger charge is -2.14. The molecule has 0 aliphatic rings. The van der Waals surface area contributed by atoms with Crippen LogP contribution in [-0.4, -0.2) is 30.8 Å². The molecule has 0 aliphatic heterocycles. The molecule has 7 heteroatoms. The Morgan fingerprint density at radius 1 is 0.931 bits per heavy atom. The summed E-state index contributed by atoms with van der Waals surface area (Å²) in [7, 11) is 0. The first-order valence-electron chi connectivity index (χ1n) is 9.26. The number of pyridine rings is 1. The standard InChI is InChI=1S/C22H21N5O2/c1-13-9-10-17(11-14(13)2)26-21(28)19-8-6-5-7-18(19)20(22(26)29)12-23-27-15(3)24-25-16(27)4/h5-12,29H,1-4H3/b23-12+. The van der Waals surface area contributed by atoms with Gasteiger partial charge in [0.25, 0.3) is 5.56 Å². The zero-order valence-electron chi connectivity index (χ0n) is 16.7. The lowest BCUT2D eigenvalue weighted by atomic mass is 10.1. The Hall–Kier alpha value is -3.74. The minimum absolute atomic E-state index is 0.163. The molecule has 0 atom stereocenters. The van der Waals surface area contributed by atoms with Crippen LogP contribution in [0.3, 0.4) is 0 Å². The van der Waals surface area contributed by atoms with Crippen molar-refractivity contribution in [2.24, 2.45) is 5.10 Å². The Balaban J connectivity index is 2.01. The topological polar surface area (TPSA) is 85.3 Å². The highest BCUT2D eigenvalue weighted by molar-refractivity contribution is 6.01. The fraction of sp³-hybridized carbons (Fsp3) is 0.182. The largest absolute Gasteiger partial charge is 0.494 e. The average Bonchev–Trinajstić information content (AvgIpc) is 3.02. The zero-order chi connectivity index (χ0) is 20.7. The summed E-state index contributed by atoms with van der Waals surface area (Å²) in [5.41, 5.74) is 2.92. The van der Waals surface area contributed by atoms with Gasteiger partial charge in [0.05, 0.1) is 17.5 Å². The van der Waals surface area contributed by atoms with Crippen LogP contribution in [0, 0.1) is 27.7 Å². The lowest BCUT2D eigenvalue weighted by Crippen LogP contribution is -2.20. The summed E-state index contributed by atoms with van der Waals surface area (Å²) >= 11 is 0. The van der Waals surface area contributed by atoms with Crippen molar-refractivity contribution in [2.75, 3.05) is 0 Å². The number of benzene rings is 2. The van der Waals surface area contributed by atoms with E-state index < -0.39 is 0 Å². The monoisotopic (exact) mass is 387 g/mol. The maximum Gasteiger partial charge on any atom is 0.265 e. The van der Waals surface area contributed by atoms with Gasteiger partial charge in [0.2, 0.25) is 5.88 Å². The summed E-state index contributed by atoms with van der Waals surface area (Å²) in [6, 6.07) is 12.8. The van der Waals surface area contributed by atoms with E-state index in [1.165, 1.54) is 10.8 Å². The van der Waals surface area contributed by atoms with Crippen LogP contribution in [0.2, 0.25) is 0 Å². The van der Waals surface area contributed by atoms with Crippen LogP contribution in [0.4, 0.5) is 0 Å². The first-order chi connectivity index (χ1) is 13.9. The van der Waals surface area contributed by atoms with Gasteiger partial charge in [-0.1, -0.05) is 24.3 Å². The van der Waals surface area contributed by atoms with Crippen molar-refractivity contribution in [2.45, 2.75) is 27.7 Å². The molecule has 0 amide bonds. The van der Waals surface area contributed by atoms with Gasteiger partial charge in [-0.2, -0.15) is 5.10 Å². The second-order valence-corrected chi connectivity index (χ2v) is 7.04. The van der Waals surface area contributed by atoms with Gasteiger partial charge in [-0.15, -0.1) is 10.2 Å². The van der Waals surface area contributed by atoms with E-state index in [1.54, 1.807) is 36.7 Å². The number of aryl methyl sites for hydroxylation is 4. The quantitative estimate of drug-likeness (QED) is 0.546. The minimum Gasteiger partial charge on any atom is -0.494 e. The molecule has 1 N–H and O–H groups in total. The van der Waals surface area contributed by atoms with E-state index >= 15 is 0 Å². The number of nitrogens with zero attached hydrogens (tertiary/aromatic N) is 5. The summed E-state index contributed by atoms with van der Waals surface area (Å²) in [4.78, 5) is 13.2. The fourth-order valence-corrected chi connectivity index (χ4v) is 3.34. The van der Waals surface area contributed by atoms with Crippen molar-refractivity contribution in [1.29, 1.82) is 0 Å². The molecule has 29 heavy (non-hydrogen) atoms. The van der Waals surface area contributed by atoms with Gasteiger partial charge in [-0.25, -0.2) is 9.24 Å². The van der Waals surface area contributed by atoms with Crippen LogP contribution in [0.1, 0.15) is 28.3 Å². The highest BCUT2D eigenvalue weighted by Gasteiger charge is 2.17. The van der Waals surface area contributed by atoms with Gasteiger partial charge in [-0.3, -0.25) is 4.79 Å². The van der Waals surface area contributed by atoms with Crippen LogP contribution in [0.5, 0.6) is 5.88 Å². The second kappa shape index (κ2) is 7.01. The summed E-state index contributed by atoms with van der Waals surface area (Å²) in [5, 5.41) is 24.6. The third kappa shape index (κ3) is 3.10. The molecule has 0 radical (unpaired) electrons. The normalized spacial score (nSPS) is 11.6. The predicted octanol–water partition coefficient (Wildman–Crippen LogP) is 3.40. The van der Waals surface area contributed by atoms with E-state index in [4.69, 9.17) is 0 Å². The molecule has 0 fully saturated rings. The molecule has 0 saturated carbocycles. The number of rotatable bonds is 3. The molecular weight excluding hydrogens is 366 g/mol. The molecule has 0 saturated heterocycles. The van der Waals surface area contributed by atoms with Crippen molar-refractivity contribution in [3.8, 4) is 11.6 Å². The minimum atomic E-state index is -0.282. The van der Waals surface area contributed by atoms with Crippen molar-refractivity contribution < 1.29 is 5.11 Å². The Bertz CT molecular complexity index is 1310. The van der Waals surface area contributed by atoms with Crippen LogP contribution in [0.15, 0.2) is 52.4 Å². The van der Waals surface area contributed by atoms with Crippen LogP contribution in [-0.2, 0) is 0 Å². The summed E-state index contributed by atoms with van der Waals surface area (Å²) in [6.45, 7) is 7.57. The molecule has 0 bridgehead atoms. The van der Waals surface area contributed by atoms with E-state index in [9.17, 15) is 9.90 Å². The number of hydrogen-bond acceptors (Lipinski definition) is 5. The number of fused-ring (bicyclic) bond motifs is 1. The van der Waals surface area contributed by atoms with Crippen LogP contribution < -0.4 is 5.56 Å². The van der Waals surface area contributed by atoms with E-state index in [0.29, 0.717) is 33.7 Å². The fourth-order valence-electron chi connectivity index (χ4n) is 3.34. The molecule has 0 spiro atoms. The Morgan fingerprint density at radius 2 is 1.59 bits per heavy atom. The van der Waals surface area contributed by atoms with Gasteiger partial charge >= 0.3 is 0 Å². The van der Waals surface area contributed by atoms with Gasteiger partial charge in [0, 0.05) is 10.8 Å². The average molecular weight is 387 g/mol. The summed E-state index contributed by atoms with van der Waals surface area (Å²) in [6.07, 6.45) is 1.54. The zero-order valence-corrected chi connectivity index (χ0v) is 16.7. The van der Waals surface area contributed by atoms with E-state index in [1.807, 2.05) is 38.1 Å². The SMILES string of the molecule is Cc1ccc(-n2c(O)c(/C=N/n3c(C)nnc3C)c3ccccc3c2=O)cc1C. The Kier molecular flexibility index (Phi) is 4.50. The third-order valence-electron chi connectivity index (χ3n) is 5.11. The maximum atomic E-state index is 13.2. The van der Waals surface area contributed by atoms with Gasteiger partial charge in [-0.05, 0) is 57.0 Å². The molecule has 2 aromatic carbocycles. The molecule has 2 heterocycles. The first-order valence-corrected chi connectivity index (χ1v) is 9.26. The van der Waals surface area contributed by atoms with Crippen LogP contribution >= 0.6 is 0 Å². The van der Waals surface area contributed by atoms with Gasteiger partial charge < -0.3 is 5.11 Å². The second-order valence-electron chi connectivity index (χ2n) is 7.04. The predicted molar refractivity (Wildman–Crippen MR) is 113 cm³/mol. The van der Waals surface area contributed by atoms with Crippen molar-refractivity contribution in [1.82, 2.24) is 19.4 Å². The highest BCUT2D eigenvalue weighted by atomic mass is 16.3. The molecular formula is C22H21N5O2. The molecule has 0 aliphatic carbocycles. The molecule has 0 unspecified atom stereocenters. The van der Waals surface area contributed by atoms with Gasteiger partial charge in [0.1, 0.15) is 0 Å². The van der Waals surface area contributed by atoms with Crippen molar-refractivity contribution >= 4 is 17.0 Å². The lowest BCUT2D eigenvalue weighted by molar-refractivity contribution is 0.436. The molecule has 146 valence electrons. The maximum absolute atomic E-state index is 13.2. The third-order valence-corrected chi connectivity index (χ3v) is 5.11. The van der Waals surface area contributed by atoms with Crippen molar-refractivity contribution in [3.05, 3.63) is 81.2 Å². The smallest absolute Gasteiger partial charge is 0.265 e. The molecule has 4 aromatic rings. The molecule has 4 rings (SSSR count). The summed E-state index contributed by atoms with van der Waals surface area (Å²) < 4.78 is 2.90. The van der Waals surface area contributed by atoms with E-state index in [0.717, 1.165) is 11.1 Å². The van der Waals surface area contributed by atoms with E-state index in [2.05, 4.69) is 15.3 Å². The number of hydrogen-bond donors (Lipinski definition) is 1. The highest BCUT2D eigenvalue weighted by Crippen LogP contribution is 2.26. The van der Waals surface area contributed by atoms with Gasteiger partial charge in [0.15, 0.2) is 11.6 Å². The van der Waals surface area contributed by atoms with Crippen LogP contribution in [0.25, 0.3) is 16.5 Å². The Morgan fingerprint density at radius 3 is 2.24 bits per heavy atom. The first kappa shape index (κ1) is 18.6. The number of aromatic hydroxyl groups is 1. The summed E-state index contributed by atoms with van der Waals surface area (Å²) in [5.74, 6) is 1.10. The molecule has 2 aromatic heterocycles. The number of aromatic nitrogens is 4. The van der Waals surface area contributed by atoms with E-state index in [-0.39, 0.29) is 11.4 Å². The Labute approximate surface area is 167 Å². The molecule has 7 nitrogen and oxygen atoms in total. The van der Waals surface area contributed by atoms with Crippen molar-refractivity contribution in [3.63, 3.8) is 0 Å².